The van der Waals surface area contributed by atoms with Gasteiger partial charge in [0, 0.05) is 11.8 Å². The van der Waals surface area contributed by atoms with Crippen molar-refractivity contribution in [3.63, 3.8) is 0 Å². The molecule has 2 heterocycles. The second kappa shape index (κ2) is 10.8. The molecule has 0 radical (unpaired) electrons. The first-order valence-corrected chi connectivity index (χ1v) is 11.4. The maximum atomic E-state index is 13.0. The molecule has 5 heteroatoms. The summed E-state index contributed by atoms with van der Waals surface area (Å²) < 4.78 is 18.6. The SMILES string of the molecule is CCS[C@@H]1CCC(C)OC1.O=CN1CCc2ccccc2[C@@H]1c1ccc(F)cc1. The molecule has 156 valence electrons. The van der Waals surface area contributed by atoms with Crippen LogP contribution in [0, 0.1) is 5.82 Å². The van der Waals surface area contributed by atoms with Crippen molar-refractivity contribution in [1.82, 2.24) is 4.90 Å². The monoisotopic (exact) mass is 415 g/mol. The van der Waals surface area contributed by atoms with Crippen LogP contribution in [0.1, 0.15) is 49.4 Å². The molecule has 3 atom stereocenters. The van der Waals surface area contributed by atoms with Gasteiger partial charge in [-0.25, -0.2) is 4.39 Å². The number of hydrogen-bond acceptors (Lipinski definition) is 3. The van der Waals surface area contributed by atoms with Crippen molar-refractivity contribution in [3.05, 3.63) is 71.0 Å². The van der Waals surface area contributed by atoms with E-state index < -0.39 is 0 Å². The predicted octanol–water partition coefficient (Wildman–Crippen LogP) is 5.24. The van der Waals surface area contributed by atoms with Gasteiger partial charge < -0.3 is 9.64 Å². The summed E-state index contributed by atoms with van der Waals surface area (Å²) in [6, 6.07) is 14.4. The van der Waals surface area contributed by atoms with Crippen molar-refractivity contribution in [2.75, 3.05) is 18.9 Å². The molecule has 0 aromatic heterocycles. The lowest BCUT2D eigenvalue weighted by Gasteiger charge is -2.35. The second-order valence-corrected chi connectivity index (χ2v) is 9.12. The van der Waals surface area contributed by atoms with E-state index in [2.05, 4.69) is 19.9 Å². The number of ether oxygens (including phenoxy) is 1. The van der Waals surface area contributed by atoms with Crippen LogP contribution in [0.25, 0.3) is 0 Å². The molecular weight excluding hydrogens is 385 g/mol. The molecule has 2 aliphatic rings. The minimum atomic E-state index is -0.259. The number of nitrogens with zero attached hydrogens (tertiary/aromatic N) is 1. The number of hydrogen-bond donors (Lipinski definition) is 0. The normalized spacial score (nSPS) is 23.6. The van der Waals surface area contributed by atoms with E-state index >= 15 is 0 Å². The van der Waals surface area contributed by atoms with Crippen LogP contribution in [0.3, 0.4) is 0 Å². The molecule has 1 saturated heterocycles. The Morgan fingerprint density at radius 1 is 1.17 bits per heavy atom. The lowest BCUT2D eigenvalue weighted by molar-refractivity contribution is -0.119. The van der Waals surface area contributed by atoms with Crippen molar-refractivity contribution >= 4 is 18.2 Å². The summed E-state index contributed by atoms with van der Waals surface area (Å²) in [5, 5.41) is 0.779. The van der Waals surface area contributed by atoms with Gasteiger partial charge in [0.2, 0.25) is 6.41 Å². The highest BCUT2D eigenvalue weighted by molar-refractivity contribution is 7.99. The first-order chi connectivity index (χ1) is 14.1. The zero-order valence-electron chi connectivity index (χ0n) is 17.2. The number of carbonyl (C=O) groups is 1. The first kappa shape index (κ1) is 21.8. The van der Waals surface area contributed by atoms with E-state index in [1.165, 1.54) is 36.3 Å². The van der Waals surface area contributed by atoms with Gasteiger partial charge in [0.25, 0.3) is 0 Å². The van der Waals surface area contributed by atoms with Crippen molar-refractivity contribution in [3.8, 4) is 0 Å². The Balaban J connectivity index is 0.000000204. The van der Waals surface area contributed by atoms with Crippen LogP contribution >= 0.6 is 11.8 Å². The fourth-order valence-electron chi connectivity index (χ4n) is 3.94. The molecule has 0 N–H and O–H groups in total. The molecule has 2 aromatic carbocycles. The fraction of sp³-hybridized carbons (Fsp3) is 0.458. The molecule has 1 amide bonds. The topological polar surface area (TPSA) is 29.5 Å². The largest absolute Gasteiger partial charge is 0.377 e. The summed E-state index contributed by atoms with van der Waals surface area (Å²) in [6.45, 7) is 6.04. The zero-order chi connectivity index (χ0) is 20.6. The van der Waals surface area contributed by atoms with E-state index in [0.29, 0.717) is 12.6 Å². The van der Waals surface area contributed by atoms with Crippen molar-refractivity contribution in [2.45, 2.75) is 50.5 Å². The van der Waals surface area contributed by atoms with Crippen LogP contribution < -0.4 is 0 Å². The lowest BCUT2D eigenvalue weighted by Crippen LogP contribution is -2.34. The molecule has 3 nitrogen and oxygen atoms in total. The number of halogens is 1. The standard InChI is InChI=1S/C16H14FNO.C8H16OS/c17-14-7-5-13(6-8-14)16-15-4-2-1-3-12(15)9-10-18(16)11-19;1-3-10-8-5-4-7(2)9-6-8/h1-8,11,16H,9-10H2;7-8H,3-6H2,1-2H3/t16-;7?,8-/m01/s1. The summed E-state index contributed by atoms with van der Waals surface area (Å²) in [4.78, 5) is 13.0. The summed E-state index contributed by atoms with van der Waals surface area (Å²) in [5.41, 5.74) is 3.34. The molecule has 2 aromatic rings. The Bertz CT molecular complexity index is 775. The number of thioether (sulfide) groups is 1. The third-order valence-corrected chi connectivity index (χ3v) is 6.68. The van der Waals surface area contributed by atoms with Crippen LogP contribution in [0.2, 0.25) is 0 Å². The summed E-state index contributed by atoms with van der Waals surface area (Å²) >= 11 is 2.03. The summed E-state index contributed by atoms with van der Waals surface area (Å²) in [5.74, 6) is 0.966. The van der Waals surface area contributed by atoms with Gasteiger partial charge in [-0.2, -0.15) is 11.8 Å². The van der Waals surface area contributed by atoms with Gasteiger partial charge in [0.05, 0.1) is 18.8 Å². The molecular formula is C24H30FNO2S. The Morgan fingerprint density at radius 2 is 1.93 bits per heavy atom. The fourth-order valence-corrected chi connectivity index (χ4v) is 4.89. The van der Waals surface area contributed by atoms with E-state index in [0.717, 1.165) is 35.8 Å². The van der Waals surface area contributed by atoms with Gasteiger partial charge in [-0.3, -0.25) is 4.79 Å². The van der Waals surface area contributed by atoms with Gasteiger partial charge in [0.15, 0.2) is 0 Å². The van der Waals surface area contributed by atoms with Crippen LogP contribution in [0.5, 0.6) is 0 Å². The van der Waals surface area contributed by atoms with Crippen molar-refractivity contribution < 1.29 is 13.9 Å². The Morgan fingerprint density at radius 3 is 2.59 bits per heavy atom. The van der Waals surface area contributed by atoms with Crippen LogP contribution in [0.15, 0.2) is 48.5 Å². The first-order valence-electron chi connectivity index (χ1n) is 10.4. The quantitative estimate of drug-likeness (QED) is 0.640. The number of benzene rings is 2. The van der Waals surface area contributed by atoms with Crippen molar-refractivity contribution in [1.29, 1.82) is 0 Å². The average molecular weight is 416 g/mol. The molecule has 29 heavy (non-hydrogen) atoms. The van der Waals surface area contributed by atoms with Crippen LogP contribution in [0.4, 0.5) is 4.39 Å². The maximum absolute atomic E-state index is 13.0. The molecule has 0 bridgehead atoms. The molecule has 1 unspecified atom stereocenters. The third-order valence-electron chi connectivity index (χ3n) is 5.51. The molecule has 0 saturated carbocycles. The van der Waals surface area contributed by atoms with Crippen LogP contribution in [-0.2, 0) is 16.0 Å². The number of fused-ring (bicyclic) bond motifs is 1. The number of carbonyl (C=O) groups excluding carboxylic acids is 1. The van der Waals surface area contributed by atoms with Crippen molar-refractivity contribution in [2.24, 2.45) is 0 Å². The highest BCUT2D eigenvalue weighted by Crippen LogP contribution is 2.34. The molecule has 0 aliphatic carbocycles. The average Bonchev–Trinajstić information content (AvgIpc) is 2.76. The van der Waals surface area contributed by atoms with E-state index in [9.17, 15) is 9.18 Å². The second-order valence-electron chi connectivity index (χ2n) is 7.54. The van der Waals surface area contributed by atoms with Gasteiger partial charge in [-0.05, 0) is 60.8 Å². The molecule has 4 rings (SSSR count). The van der Waals surface area contributed by atoms with Gasteiger partial charge in [-0.1, -0.05) is 43.3 Å². The Labute approximate surface area is 177 Å². The molecule has 0 spiro atoms. The number of amides is 1. The number of rotatable bonds is 4. The third kappa shape index (κ3) is 5.83. The Kier molecular flexibility index (Phi) is 8.13. The van der Waals surface area contributed by atoms with Gasteiger partial charge in [-0.15, -0.1) is 0 Å². The van der Waals surface area contributed by atoms with E-state index in [4.69, 9.17) is 4.74 Å². The highest BCUT2D eigenvalue weighted by Gasteiger charge is 2.27. The van der Waals surface area contributed by atoms with Gasteiger partial charge >= 0.3 is 0 Å². The predicted molar refractivity (Wildman–Crippen MR) is 118 cm³/mol. The summed E-state index contributed by atoms with van der Waals surface area (Å²) in [7, 11) is 0. The minimum Gasteiger partial charge on any atom is -0.377 e. The summed E-state index contributed by atoms with van der Waals surface area (Å²) in [6.07, 6.45) is 4.85. The van der Waals surface area contributed by atoms with E-state index in [1.807, 2.05) is 30.0 Å². The Hall–Kier alpha value is -1.85. The van der Waals surface area contributed by atoms with E-state index in [-0.39, 0.29) is 11.9 Å². The van der Waals surface area contributed by atoms with Gasteiger partial charge in [0.1, 0.15) is 5.82 Å². The van der Waals surface area contributed by atoms with E-state index in [1.54, 1.807) is 17.0 Å². The van der Waals surface area contributed by atoms with Crippen LogP contribution in [-0.4, -0.2) is 41.6 Å². The highest BCUT2D eigenvalue weighted by atomic mass is 32.2. The molecule has 2 aliphatic heterocycles. The molecule has 1 fully saturated rings. The zero-order valence-corrected chi connectivity index (χ0v) is 18.0. The maximum Gasteiger partial charge on any atom is 0.210 e. The lowest BCUT2D eigenvalue weighted by atomic mass is 9.88. The minimum absolute atomic E-state index is 0.108. The smallest absolute Gasteiger partial charge is 0.210 e.